The van der Waals surface area contributed by atoms with E-state index in [0.717, 1.165) is 24.1 Å². The Bertz CT molecular complexity index is 144. The Balaban J connectivity index is 4.02. The molecule has 0 aromatic rings. The molecule has 0 atom stereocenters. The Kier molecular flexibility index (Phi) is 6.96. The van der Waals surface area contributed by atoms with Gasteiger partial charge in [0.15, 0.2) is 5.11 Å². The van der Waals surface area contributed by atoms with Gasteiger partial charge in [0.25, 0.3) is 0 Å². The van der Waals surface area contributed by atoms with Crippen molar-refractivity contribution in [1.29, 1.82) is 0 Å². The maximum Gasteiger partial charge on any atom is 0.168 e. The molecule has 0 aromatic carbocycles. The molecule has 0 rings (SSSR count). The molecule has 0 bridgehead atoms. The molecule has 0 fully saturated rings. The zero-order valence-electron chi connectivity index (χ0n) is 9.26. The number of rotatable bonds is 5. The van der Waals surface area contributed by atoms with Crippen molar-refractivity contribution in [3.63, 3.8) is 0 Å². The molecule has 0 unspecified atom stereocenters. The average Bonchev–Trinajstić information content (AvgIpc) is 2.19. The SMILES string of the molecule is CCC(CC)CN(CC)C(=S)NC. The van der Waals surface area contributed by atoms with Crippen LogP contribution in [0.3, 0.4) is 0 Å². The van der Waals surface area contributed by atoms with Crippen molar-refractivity contribution in [2.45, 2.75) is 33.6 Å². The zero-order valence-corrected chi connectivity index (χ0v) is 10.1. The number of hydrogen-bond donors (Lipinski definition) is 1. The molecule has 0 spiro atoms. The molecule has 0 saturated carbocycles. The smallest absolute Gasteiger partial charge is 0.168 e. The van der Waals surface area contributed by atoms with Crippen LogP contribution in [0.25, 0.3) is 0 Å². The summed E-state index contributed by atoms with van der Waals surface area (Å²) in [4.78, 5) is 2.23. The summed E-state index contributed by atoms with van der Waals surface area (Å²) in [5.74, 6) is 0.770. The van der Waals surface area contributed by atoms with E-state index in [1.165, 1.54) is 12.8 Å². The van der Waals surface area contributed by atoms with Crippen LogP contribution >= 0.6 is 12.2 Å². The van der Waals surface area contributed by atoms with Crippen LogP contribution in [0, 0.1) is 5.92 Å². The van der Waals surface area contributed by atoms with Crippen LogP contribution in [0.5, 0.6) is 0 Å². The molecule has 0 aliphatic heterocycles. The highest BCUT2D eigenvalue weighted by atomic mass is 32.1. The molecule has 78 valence electrons. The van der Waals surface area contributed by atoms with Crippen molar-refractivity contribution in [1.82, 2.24) is 10.2 Å². The van der Waals surface area contributed by atoms with Gasteiger partial charge in [0.2, 0.25) is 0 Å². The number of nitrogens with one attached hydrogen (secondary N) is 1. The number of thiocarbonyl (C=S) groups is 1. The van der Waals surface area contributed by atoms with Crippen molar-refractivity contribution in [3.05, 3.63) is 0 Å². The van der Waals surface area contributed by atoms with Crippen LogP contribution in [0.4, 0.5) is 0 Å². The summed E-state index contributed by atoms with van der Waals surface area (Å²) < 4.78 is 0. The first-order chi connectivity index (χ1) is 6.19. The van der Waals surface area contributed by atoms with Gasteiger partial charge in [0.1, 0.15) is 0 Å². The van der Waals surface area contributed by atoms with E-state index in [2.05, 4.69) is 31.0 Å². The fourth-order valence-electron chi connectivity index (χ4n) is 1.37. The Labute approximate surface area is 87.7 Å². The van der Waals surface area contributed by atoms with Crippen LogP contribution in [-0.4, -0.2) is 30.1 Å². The summed E-state index contributed by atoms with van der Waals surface area (Å²) in [6, 6.07) is 0. The first-order valence-corrected chi connectivity index (χ1v) is 5.56. The van der Waals surface area contributed by atoms with Gasteiger partial charge in [-0.25, -0.2) is 0 Å². The maximum absolute atomic E-state index is 5.20. The molecule has 13 heavy (non-hydrogen) atoms. The van der Waals surface area contributed by atoms with E-state index >= 15 is 0 Å². The van der Waals surface area contributed by atoms with E-state index in [9.17, 15) is 0 Å². The van der Waals surface area contributed by atoms with Crippen LogP contribution in [0.2, 0.25) is 0 Å². The molecule has 3 heteroatoms. The molecule has 0 radical (unpaired) electrons. The first kappa shape index (κ1) is 12.7. The summed E-state index contributed by atoms with van der Waals surface area (Å²) in [6.45, 7) is 8.71. The van der Waals surface area contributed by atoms with Gasteiger partial charge >= 0.3 is 0 Å². The monoisotopic (exact) mass is 202 g/mol. The molecular weight excluding hydrogens is 180 g/mol. The average molecular weight is 202 g/mol. The van der Waals surface area contributed by atoms with Gasteiger partial charge in [0, 0.05) is 20.1 Å². The second-order valence-corrected chi connectivity index (χ2v) is 3.66. The van der Waals surface area contributed by atoms with Crippen molar-refractivity contribution in [2.24, 2.45) is 5.92 Å². The molecule has 0 aliphatic carbocycles. The molecule has 2 nitrogen and oxygen atoms in total. The minimum atomic E-state index is 0.770. The van der Waals surface area contributed by atoms with Gasteiger partial charge in [-0.05, 0) is 25.1 Å². The lowest BCUT2D eigenvalue weighted by molar-refractivity contribution is 0.333. The van der Waals surface area contributed by atoms with E-state index in [1.54, 1.807) is 0 Å². The first-order valence-electron chi connectivity index (χ1n) is 5.16. The van der Waals surface area contributed by atoms with E-state index in [-0.39, 0.29) is 0 Å². The topological polar surface area (TPSA) is 15.3 Å². The van der Waals surface area contributed by atoms with Gasteiger partial charge in [-0.1, -0.05) is 26.7 Å². The van der Waals surface area contributed by atoms with Crippen LogP contribution < -0.4 is 5.32 Å². The molecule has 1 N–H and O–H groups in total. The number of nitrogens with zero attached hydrogens (tertiary/aromatic N) is 1. The van der Waals surface area contributed by atoms with Crippen molar-refractivity contribution in [3.8, 4) is 0 Å². The summed E-state index contributed by atoms with van der Waals surface area (Å²) >= 11 is 5.20. The number of hydrogen-bond acceptors (Lipinski definition) is 1. The van der Waals surface area contributed by atoms with E-state index in [1.807, 2.05) is 7.05 Å². The molecule has 0 aromatic heterocycles. The lowest BCUT2D eigenvalue weighted by Crippen LogP contribution is -2.40. The second kappa shape index (κ2) is 7.13. The predicted molar refractivity (Wildman–Crippen MR) is 63.0 cm³/mol. The van der Waals surface area contributed by atoms with Gasteiger partial charge < -0.3 is 10.2 Å². The highest BCUT2D eigenvalue weighted by molar-refractivity contribution is 7.80. The summed E-state index contributed by atoms with van der Waals surface area (Å²) in [7, 11) is 1.89. The third-order valence-corrected chi connectivity index (χ3v) is 2.98. The van der Waals surface area contributed by atoms with Crippen LogP contribution in [0.15, 0.2) is 0 Å². The Morgan fingerprint density at radius 2 is 1.85 bits per heavy atom. The van der Waals surface area contributed by atoms with Gasteiger partial charge in [-0.2, -0.15) is 0 Å². The third-order valence-electron chi connectivity index (χ3n) is 2.52. The highest BCUT2D eigenvalue weighted by Crippen LogP contribution is 2.09. The van der Waals surface area contributed by atoms with Crippen molar-refractivity contribution < 1.29 is 0 Å². The van der Waals surface area contributed by atoms with Gasteiger partial charge in [-0.15, -0.1) is 0 Å². The van der Waals surface area contributed by atoms with Crippen LogP contribution in [-0.2, 0) is 0 Å². The molecular formula is C10H22N2S. The Morgan fingerprint density at radius 1 is 1.31 bits per heavy atom. The molecule has 0 aliphatic rings. The molecule has 0 saturated heterocycles. The Morgan fingerprint density at radius 3 is 2.15 bits per heavy atom. The fourth-order valence-corrected chi connectivity index (χ4v) is 1.58. The zero-order chi connectivity index (χ0) is 10.3. The largest absolute Gasteiger partial charge is 0.366 e. The standard InChI is InChI=1S/C10H22N2S/c1-5-9(6-2)8-12(7-3)10(13)11-4/h9H,5-8H2,1-4H3,(H,11,13). The summed E-state index contributed by atoms with van der Waals surface area (Å²) in [6.07, 6.45) is 2.47. The lowest BCUT2D eigenvalue weighted by atomic mass is 10.0. The van der Waals surface area contributed by atoms with E-state index in [4.69, 9.17) is 12.2 Å². The lowest BCUT2D eigenvalue weighted by Gasteiger charge is -2.27. The molecule has 0 amide bonds. The normalized spacial score (nSPS) is 10.2. The predicted octanol–water partition coefficient (Wildman–Crippen LogP) is 2.25. The third kappa shape index (κ3) is 4.46. The summed E-state index contributed by atoms with van der Waals surface area (Å²) in [5, 5.41) is 3.90. The summed E-state index contributed by atoms with van der Waals surface area (Å²) in [5.41, 5.74) is 0. The second-order valence-electron chi connectivity index (χ2n) is 3.28. The quantitative estimate of drug-likeness (QED) is 0.688. The van der Waals surface area contributed by atoms with Gasteiger partial charge in [0.05, 0.1) is 0 Å². The fraction of sp³-hybridized carbons (Fsp3) is 0.900. The van der Waals surface area contributed by atoms with E-state index < -0.39 is 0 Å². The van der Waals surface area contributed by atoms with Crippen LogP contribution in [0.1, 0.15) is 33.6 Å². The molecule has 0 heterocycles. The highest BCUT2D eigenvalue weighted by Gasteiger charge is 2.11. The van der Waals surface area contributed by atoms with E-state index in [0.29, 0.717) is 0 Å². The van der Waals surface area contributed by atoms with Gasteiger partial charge in [-0.3, -0.25) is 0 Å². The minimum absolute atomic E-state index is 0.770. The Hall–Kier alpha value is -0.310. The van der Waals surface area contributed by atoms with Crippen molar-refractivity contribution in [2.75, 3.05) is 20.1 Å². The van der Waals surface area contributed by atoms with Crippen molar-refractivity contribution >= 4 is 17.3 Å². The maximum atomic E-state index is 5.20. The minimum Gasteiger partial charge on any atom is -0.366 e.